The van der Waals surface area contributed by atoms with Crippen LogP contribution in [0.5, 0.6) is 0 Å². The number of alkyl halides is 3. The predicted octanol–water partition coefficient (Wildman–Crippen LogP) is 2.77. The van der Waals surface area contributed by atoms with E-state index in [4.69, 9.17) is 5.73 Å². The van der Waals surface area contributed by atoms with Gasteiger partial charge >= 0.3 is 6.18 Å². The van der Waals surface area contributed by atoms with Crippen molar-refractivity contribution in [1.29, 1.82) is 0 Å². The molecule has 2 heterocycles. The van der Waals surface area contributed by atoms with Crippen molar-refractivity contribution in [2.45, 2.75) is 24.7 Å². The number of hydrogen-bond donors (Lipinski definition) is 2. The summed E-state index contributed by atoms with van der Waals surface area (Å²) < 4.78 is 38.6. The van der Waals surface area contributed by atoms with E-state index in [2.05, 4.69) is 4.98 Å². The molecule has 146 valence electrons. The molecule has 27 heavy (non-hydrogen) atoms. The molecule has 3 N–H and O–H groups in total. The quantitative estimate of drug-likeness (QED) is 0.828. The van der Waals surface area contributed by atoms with E-state index in [1.54, 1.807) is 36.5 Å². The van der Waals surface area contributed by atoms with E-state index in [0.717, 1.165) is 16.0 Å². The molecule has 3 rings (SSSR count). The maximum atomic E-state index is 12.9. The Kier molecular flexibility index (Phi) is 6.14. The maximum Gasteiger partial charge on any atom is 0.419 e. The van der Waals surface area contributed by atoms with Crippen molar-refractivity contribution in [1.82, 2.24) is 9.88 Å². The number of rotatable bonds is 3. The smallest absolute Gasteiger partial charge is 0.379 e. The molecule has 0 radical (unpaired) electrons. The summed E-state index contributed by atoms with van der Waals surface area (Å²) in [6.45, 7) is -0.517. The second-order valence-electron chi connectivity index (χ2n) is 6.34. The Labute approximate surface area is 160 Å². The van der Waals surface area contributed by atoms with Crippen LogP contribution in [-0.4, -0.2) is 45.8 Å². The van der Waals surface area contributed by atoms with E-state index in [1.165, 1.54) is 0 Å². The number of carbonyl (C=O) groups is 1. The van der Waals surface area contributed by atoms with Crippen molar-refractivity contribution in [3.8, 4) is 11.3 Å². The number of nitrogens with two attached hydrogens (primary N) is 1. The monoisotopic (exact) mass is 401 g/mol. The lowest BCUT2D eigenvalue weighted by molar-refractivity contribution is -0.253. The molecule has 1 fully saturated rings. The summed E-state index contributed by atoms with van der Waals surface area (Å²) in [5.41, 5.74) is 5.40. The summed E-state index contributed by atoms with van der Waals surface area (Å²) in [5.74, 6) is -0.541. The van der Waals surface area contributed by atoms with Crippen LogP contribution in [0.1, 0.15) is 22.3 Å². The third-order valence-corrected chi connectivity index (χ3v) is 4.55. The van der Waals surface area contributed by atoms with Gasteiger partial charge in [0, 0.05) is 36.8 Å². The first kappa shape index (κ1) is 21.1. The first-order valence-corrected chi connectivity index (χ1v) is 8.07. The van der Waals surface area contributed by atoms with E-state index in [9.17, 15) is 23.1 Å². The van der Waals surface area contributed by atoms with Gasteiger partial charge in [0.15, 0.2) is 5.60 Å². The highest BCUT2D eigenvalue weighted by Gasteiger charge is 2.57. The molecule has 1 atom stereocenters. The second kappa shape index (κ2) is 7.84. The normalized spacial score (nSPS) is 19.7. The second-order valence-corrected chi connectivity index (χ2v) is 6.34. The maximum absolute atomic E-state index is 12.9. The van der Waals surface area contributed by atoms with E-state index < -0.39 is 30.7 Å². The van der Waals surface area contributed by atoms with Crippen LogP contribution in [0.4, 0.5) is 13.2 Å². The molecule has 0 aliphatic carbocycles. The van der Waals surface area contributed by atoms with Gasteiger partial charge in [0.1, 0.15) is 0 Å². The summed E-state index contributed by atoms with van der Waals surface area (Å²) in [6.07, 6.45) is -3.64. The van der Waals surface area contributed by atoms with Gasteiger partial charge in [-0.2, -0.15) is 13.2 Å². The third-order valence-electron chi connectivity index (χ3n) is 4.55. The van der Waals surface area contributed by atoms with Gasteiger partial charge in [-0.1, -0.05) is 12.1 Å². The predicted molar refractivity (Wildman–Crippen MR) is 96.3 cm³/mol. The van der Waals surface area contributed by atoms with Crippen molar-refractivity contribution in [2.75, 3.05) is 13.1 Å². The molecular weight excluding hydrogens is 383 g/mol. The Balaban J connectivity index is 0.00000261. The van der Waals surface area contributed by atoms with Crippen molar-refractivity contribution in [3.63, 3.8) is 0 Å². The summed E-state index contributed by atoms with van der Waals surface area (Å²) in [5, 5.41) is 9.70. The number of hydrogen-bond acceptors (Lipinski definition) is 4. The molecule has 9 heteroatoms. The molecule has 1 amide bonds. The summed E-state index contributed by atoms with van der Waals surface area (Å²) in [4.78, 5) is 17.7. The van der Waals surface area contributed by atoms with E-state index in [0.29, 0.717) is 12.2 Å². The molecule has 1 saturated heterocycles. The number of pyridine rings is 1. The van der Waals surface area contributed by atoms with Gasteiger partial charge in [0.05, 0.1) is 12.2 Å². The van der Waals surface area contributed by atoms with Gasteiger partial charge < -0.3 is 15.7 Å². The van der Waals surface area contributed by atoms with Crippen LogP contribution in [0.15, 0.2) is 42.6 Å². The molecule has 1 aromatic carbocycles. The molecule has 1 aliphatic rings. The van der Waals surface area contributed by atoms with Crippen LogP contribution in [0.2, 0.25) is 0 Å². The number of nitrogens with zero attached hydrogens (tertiary/aromatic N) is 2. The fraction of sp³-hybridized carbons (Fsp3) is 0.333. The van der Waals surface area contributed by atoms with Gasteiger partial charge in [-0.05, 0) is 29.8 Å². The van der Waals surface area contributed by atoms with Crippen LogP contribution in [0.25, 0.3) is 11.3 Å². The SMILES string of the molecule is Cl.NCc1ccnc(-c2ccc(C(=O)N3CCC(O)(C(F)(F)F)C3)cc2)c1. The van der Waals surface area contributed by atoms with Gasteiger partial charge in [-0.3, -0.25) is 9.78 Å². The minimum absolute atomic E-state index is 0. The summed E-state index contributed by atoms with van der Waals surface area (Å²) in [6, 6.07) is 10.1. The zero-order chi connectivity index (χ0) is 18.9. The van der Waals surface area contributed by atoms with E-state index in [1.807, 2.05) is 6.07 Å². The average Bonchev–Trinajstić information content (AvgIpc) is 3.05. The molecule has 1 unspecified atom stereocenters. The molecule has 0 saturated carbocycles. The molecule has 0 spiro atoms. The largest absolute Gasteiger partial charge is 0.419 e. The lowest BCUT2D eigenvalue weighted by atomic mass is 10.0. The number of aliphatic hydroxyl groups is 1. The minimum atomic E-state index is -4.76. The molecule has 1 aliphatic heterocycles. The molecule has 0 bridgehead atoms. The lowest BCUT2D eigenvalue weighted by Crippen LogP contribution is -2.48. The van der Waals surface area contributed by atoms with Crippen molar-refractivity contribution in [3.05, 3.63) is 53.7 Å². The molecular formula is C18H19ClF3N3O2. The standard InChI is InChI=1S/C18H18F3N3O2.ClH/c19-18(20,21)17(26)6-8-24(11-17)16(25)14-3-1-13(2-4-14)15-9-12(10-22)5-7-23-15;/h1-5,7,9,26H,6,8,10-11,22H2;1H. The van der Waals surface area contributed by atoms with Gasteiger partial charge in [-0.15, -0.1) is 12.4 Å². The number of amides is 1. The average molecular weight is 402 g/mol. The van der Waals surface area contributed by atoms with Crippen LogP contribution in [-0.2, 0) is 6.54 Å². The topological polar surface area (TPSA) is 79.5 Å². The fourth-order valence-electron chi connectivity index (χ4n) is 2.92. The van der Waals surface area contributed by atoms with Crippen LogP contribution in [0.3, 0.4) is 0 Å². The van der Waals surface area contributed by atoms with Crippen molar-refractivity contribution >= 4 is 18.3 Å². The highest BCUT2D eigenvalue weighted by atomic mass is 35.5. The van der Waals surface area contributed by atoms with E-state index in [-0.39, 0.29) is 24.5 Å². The highest BCUT2D eigenvalue weighted by molar-refractivity contribution is 5.95. The first-order chi connectivity index (χ1) is 12.2. The zero-order valence-corrected chi connectivity index (χ0v) is 15.1. The Morgan fingerprint density at radius 1 is 1.26 bits per heavy atom. The third kappa shape index (κ3) is 4.23. The van der Waals surface area contributed by atoms with E-state index >= 15 is 0 Å². The van der Waals surface area contributed by atoms with Crippen molar-refractivity contribution < 1.29 is 23.1 Å². The summed E-state index contributed by atoms with van der Waals surface area (Å²) in [7, 11) is 0. The summed E-state index contributed by atoms with van der Waals surface area (Å²) >= 11 is 0. The minimum Gasteiger partial charge on any atom is -0.379 e. The number of halogens is 4. The number of β-amino-alcohol motifs (C(OH)–C–C–N with tert-alkyl or cyclic N) is 1. The van der Waals surface area contributed by atoms with Crippen LogP contribution < -0.4 is 5.73 Å². The van der Waals surface area contributed by atoms with Gasteiger partial charge in [0.25, 0.3) is 5.91 Å². The molecule has 5 nitrogen and oxygen atoms in total. The first-order valence-electron chi connectivity index (χ1n) is 8.07. The molecule has 2 aromatic rings. The fourth-order valence-corrected chi connectivity index (χ4v) is 2.92. The highest BCUT2D eigenvalue weighted by Crippen LogP contribution is 2.38. The Hall–Kier alpha value is -2.16. The number of benzene rings is 1. The zero-order valence-electron chi connectivity index (χ0n) is 14.2. The van der Waals surface area contributed by atoms with Crippen LogP contribution >= 0.6 is 12.4 Å². The van der Waals surface area contributed by atoms with Crippen molar-refractivity contribution in [2.24, 2.45) is 5.73 Å². The van der Waals surface area contributed by atoms with Gasteiger partial charge in [-0.25, -0.2) is 0 Å². The number of likely N-dealkylation sites (tertiary alicyclic amines) is 1. The molecule has 1 aromatic heterocycles. The lowest BCUT2D eigenvalue weighted by Gasteiger charge is -2.25. The number of carbonyl (C=O) groups excluding carboxylic acids is 1. The Morgan fingerprint density at radius 2 is 1.93 bits per heavy atom. The Bertz CT molecular complexity index is 814. The van der Waals surface area contributed by atoms with Crippen LogP contribution in [0, 0.1) is 0 Å². The number of aromatic nitrogens is 1. The Morgan fingerprint density at radius 3 is 2.48 bits per heavy atom. The van der Waals surface area contributed by atoms with Gasteiger partial charge in [0.2, 0.25) is 0 Å².